The van der Waals surface area contributed by atoms with Gasteiger partial charge < -0.3 is 20.3 Å². The first-order valence-electron chi connectivity index (χ1n) is 5.17. The molecule has 0 radical (unpaired) electrons. The first-order valence-corrected chi connectivity index (χ1v) is 5.17. The summed E-state index contributed by atoms with van der Waals surface area (Å²) in [6, 6.07) is 4.48. The van der Waals surface area contributed by atoms with Crippen molar-refractivity contribution in [2.75, 3.05) is 19.8 Å². The van der Waals surface area contributed by atoms with Gasteiger partial charge in [-0.25, -0.2) is 8.78 Å². The van der Waals surface area contributed by atoms with E-state index < -0.39 is 13.0 Å². The second kappa shape index (κ2) is 7.03. The topological polar surface area (TPSA) is 61.7 Å². The van der Waals surface area contributed by atoms with Gasteiger partial charge in [0, 0.05) is 13.1 Å². The first kappa shape index (κ1) is 13.7. The van der Waals surface area contributed by atoms with Crippen LogP contribution in [0.25, 0.3) is 0 Å². The Morgan fingerprint density at radius 2 is 2.00 bits per heavy atom. The molecule has 0 unspecified atom stereocenters. The molecule has 0 aromatic heterocycles. The fourth-order valence-electron chi connectivity index (χ4n) is 1.23. The molecule has 0 atom stereocenters. The van der Waals surface area contributed by atoms with Crippen LogP contribution in [-0.2, 0) is 11.3 Å². The maximum Gasteiger partial charge on any atom is 0.261 e. The van der Waals surface area contributed by atoms with Gasteiger partial charge in [-0.2, -0.15) is 0 Å². The fourth-order valence-corrected chi connectivity index (χ4v) is 1.23. The maximum absolute atomic E-state index is 11.7. The van der Waals surface area contributed by atoms with Crippen molar-refractivity contribution in [3.8, 4) is 11.5 Å². The van der Waals surface area contributed by atoms with E-state index >= 15 is 0 Å². The highest BCUT2D eigenvalue weighted by Gasteiger charge is 2.02. The third kappa shape index (κ3) is 5.46. The molecule has 0 aliphatic rings. The van der Waals surface area contributed by atoms with Crippen molar-refractivity contribution in [1.82, 2.24) is 5.32 Å². The predicted octanol–water partition coefficient (Wildman–Crippen LogP) is 1.47. The van der Waals surface area contributed by atoms with Gasteiger partial charge in [-0.1, -0.05) is 6.07 Å². The van der Waals surface area contributed by atoms with E-state index in [-0.39, 0.29) is 18.1 Å². The van der Waals surface area contributed by atoms with Crippen LogP contribution in [0.15, 0.2) is 18.2 Å². The molecule has 6 heteroatoms. The molecule has 0 aliphatic carbocycles. The van der Waals surface area contributed by atoms with Crippen LogP contribution in [0.3, 0.4) is 0 Å². The number of ether oxygens (including phenoxy) is 1. The average molecular weight is 247 g/mol. The number of nitrogens with one attached hydrogen (secondary N) is 1. The lowest BCUT2D eigenvalue weighted by atomic mass is 10.2. The van der Waals surface area contributed by atoms with Crippen molar-refractivity contribution in [3.05, 3.63) is 23.8 Å². The summed E-state index contributed by atoms with van der Waals surface area (Å²) in [4.78, 5) is 0. The van der Waals surface area contributed by atoms with Crippen molar-refractivity contribution in [3.63, 3.8) is 0 Å². The Hall–Kier alpha value is -1.40. The quantitative estimate of drug-likeness (QED) is 0.504. The van der Waals surface area contributed by atoms with Gasteiger partial charge in [-0.15, -0.1) is 0 Å². The Morgan fingerprint density at radius 1 is 1.24 bits per heavy atom. The van der Waals surface area contributed by atoms with Crippen molar-refractivity contribution < 1.29 is 23.7 Å². The van der Waals surface area contributed by atoms with Crippen LogP contribution in [0.4, 0.5) is 8.78 Å². The summed E-state index contributed by atoms with van der Waals surface area (Å²) in [7, 11) is 0. The number of alkyl halides is 2. The van der Waals surface area contributed by atoms with Gasteiger partial charge in [-0.3, -0.25) is 0 Å². The predicted molar refractivity (Wildman–Crippen MR) is 58.3 cm³/mol. The van der Waals surface area contributed by atoms with Crippen LogP contribution in [0.5, 0.6) is 11.5 Å². The molecule has 1 aromatic rings. The van der Waals surface area contributed by atoms with E-state index in [0.717, 1.165) is 5.56 Å². The van der Waals surface area contributed by atoms with Crippen LogP contribution in [0.2, 0.25) is 0 Å². The highest BCUT2D eigenvalue weighted by molar-refractivity contribution is 5.40. The number of aromatic hydroxyl groups is 2. The van der Waals surface area contributed by atoms with Gasteiger partial charge in [0.2, 0.25) is 0 Å². The van der Waals surface area contributed by atoms with Gasteiger partial charge in [0.25, 0.3) is 6.43 Å². The third-order valence-electron chi connectivity index (χ3n) is 2.04. The minimum atomic E-state index is -2.44. The molecule has 3 N–H and O–H groups in total. The molecule has 0 saturated carbocycles. The Kier molecular flexibility index (Phi) is 5.65. The van der Waals surface area contributed by atoms with E-state index in [1.807, 2.05) is 0 Å². The van der Waals surface area contributed by atoms with Crippen molar-refractivity contribution in [2.45, 2.75) is 13.0 Å². The zero-order valence-electron chi connectivity index (χ0n) is 9.20. The molecular weight excluding hydrogens is 232 g/mol. The molecule has 1 rings (SSSR count). The summed E-state index contributed by atoms with van der Waals surface area (Å²) in [5, 5.41) is 21.3. The molecule has 0 heterocycles. The van der Waals surface area contributed by atoms with E-state index in [1.54, 1.807) is 6.07 Å². The van der Waals surface area contributed by atoms with Crippen molar-refractivity contribution >= 4 is 0 Å². The average Bonchev–Trinajstić information content (AvgIpc) is 2.27. The van der Waals surface area contributed by atoms with Crippen LogP contribution < -0.4 is 5.32 Å². The fraction of sp³-hybridized carbons (Fsp3) is 0.455. The lowest BCUT2D eigenvalue weighted by Gasteiger charge is -2.06. The number of hydrogen-bond donors (Lipinski definition) is 3. The van der Waals surface area contributed by atoms with E-state index in [4.69, 9.17) is 5.11 Å². The van der Waals surface area contributed by atoms with E-state index in [0.29, 0.717) is 13.1 Å². The Labute approximate surface area is 97.8 Å². The summed E-state index contributed by atoms with van der Waals surface area (Å²) < 4.78 is 28.1. The van der Waals surface area contributed by atoms with Crippen LogP contribution in [0, 0.1) is 0 Å². The number of benzene rings is 1. The van der Waals surface area contributed by atoms with E-state index in [2.05, 4.69) is 10.1 Å². The normalized spacial score (nSPS) is 11.0. The van der Waals surface area contributed by atoms with Gasteiger partial charge in [0.15, 0.2) is 11.5 Å². The third-order valence-corrected chi connectivity index (χ3v) is 2.04. The summed E-state index contributed by atoms with van der Waals surface area (Å²) in [6.45, 7) is 0.552. The van der Waals surface area contributed by atoms with Crippen LogP contribution >= 0.6 is 0 Å². The summed E-state index contributed by atoms with van der Waals surface area (Å²) >= 11 is 0. The Morgan fingerprint density at radius 3 is 2.65 bits per heavy atom. The second-order valence-electron chi connectivity index (χ2n) is 3.47. The second-order valence-corrected chi connectivity index (χ2v) is 3.47. The van der Waals surface area contributed by atoms with Gasteiger partial charge in [0.05, 0.1) is 6.61 Å². The van der Waals surface area contributed by atoms with E-state index in [1.165, 1.54) is 12.1 Å². The van der Waals surface area contributed by atoms with Gasteiger partial charge in [0.1, 0.15) is 6.61 Å². The molecule has 96 valence electrons. The van der Waals surface area contributed by atoms with Gasteiger partial charge in [-0.05, 0) is 17.7 Å². The van der Waals surface area contributed by atoms with Crippen molar-refractivity contribution in [1.29, 1.82) is 0 Å². The Bertz CT molecular complexity index is 347. The maximum atomic E-state index is 11.7. The van der Waals surface area contributed by atoms with Crippen molar-refractivity contribution in [2.24, 2.45) is 0 Å². The molecule has 1 aromatic carbocycles. The largest absolute Gasteiger partial charge is 0.504 e. The number of halogens is 2. The monoisotopic (exact) mass is 247 g/mol. The molecule has 0 amide bonds. The van der Waals surface area contributed by atoms with E-state index in [9.17, 15) is 13.9 Å². The standard InChI is InChI=1S/C11H15F2NO3/c12-11(13)7-17-4-3-14-6-8-1-2-9(15)10(16)5-8/h1-2,5,11,14-16H,3-4,6-7H2. The highest BCUT2D eigenvalue weighted by atomic mass is 19.3. The summed E-state index contributed by atoms with van der Waals surface area (Å²) in [5.41, 5.74) is 0.786. The minimum Gasteiger partial charge on any atom is -0.504 e. The smallest absolute Gasteiger partial charge is 0.261 e. The molecule has 0 bridgehead atoms. The number of rotatable bonds is 7. The summed E-state index contributed by atoms with van der Waals surface area (Å²) in [6.07, 6.45) is -2.44. The molecule has 0 spiro atoms. The molecular formula is C11H15F2NO3. The number of phenolic OH excluding ortho intramolecular Hbond substituents is 2. The van der Waals surface area contributed by atoms with Crippen LogP contribution in [-0.4, -0.2) is 36.4 Å². The molecule has 0 saturated heterocycles. The molecule has 17 heavy (non-hydrogen) atoms. The SMILES string of the molecule is Oc1ccc(CNCCOCC(F)F)cc1O. The molecule has 0 aliphatic heterocycles. The highest BCUT2D eigenvalue weighted by Crippen LogP contribution is 2.24. The van der Waals surface area contributed by atoms with Crippen LogP contribution in [0.1, 0.15) is 5.56 Å². The number of hydrogen-bond acceptors (Lipinski definition) is 4. The van der Waals surface area contributed by atoms with Gasteiger partial charge >= 0.3 is 0 Å². The number of phenols is 2. The lowest BCUT2D eigenvalue weighted by molar-refractivity contribution is 0.0187. The Balaban J connectivity index is 2.16. The first-order chi connectivity index (χ1) is 8.09. The molecule has 0 fully saturated rings. The zero-order valence-corrected chi connectivity index (χ0v) is 9.20. The minimum absolute atomic E-state index is 0.172. The molecule has 4 nitrogen and oxygen atoms in total. The zero-order chi connectivity index (χ0) is 12.7. The summed E-state index contributed by atoms with van der Waals surface area (Å²) in [5.74, 6) is -0.354. The lowest BCUT2D eigenvalue weighted by Crippen LogP contribution is -2.20.